The van der Waals surface area contributed by atoms with Gasteiger partial charge in [0.1, 0.15) is 66.5 Å². The van der Waals surface area contributed by atoms with Crippen LogP contribution in [0.1, 0.15) is 156 Å². The SMILES string of the molecule is CC[C@@H]1NC(=O)[C@H]([C@H](O)[C@H](C)CCOC(=O)NC)N(C)C(=O)[C@H](C(C)C)N(C)C(=O)[C@H](CC(C)C)N(C)C(=O)[C@H](CC(C)C)NC(=O)[C@@H](C)NC(=O)[C@H](C)NC(=O)[C@H](CC(C)C)N(C)C(=O)[C@H](C(C)C)NC(=O)[C@H]([C@@H](C)OCCCCN2CCOCC2)N(C)C(=O)[C@@H](C)N(C)C1=O. The third kappa shape index (κ3) is 25.5. The summed E-state index contributed by atoms with van der Waals surface area (Å²) in [6.07, 6.45) is -1.85. The molecule has 2 rings (SSSR count). The monoisotopic (exact) mass is 1380 g/mol. The first-order valence-electron chi connectivity index (χ1n) is 34.7. The fourth-order valence-corrected chi connectivity index (χ4v) is 12.1. The molecule has 0 unspecified atom stereocenters. The molecule has 0 spiro atoms. The van der Waals surface area contributed by atoms with Gasteiger partial charge in [-0.1, -0.05) is 83.1 Å². The first-order chi connectivity index (χ1) is 45.2. The summed E-state index contributed by atoms with van der Waals surface area (Å²) in [6, 6.07) is -14.7. The third-order valence-electron chi connectivity index (χ3n) is 18.4. The van der Waals surface area contributed by atoms with Gasteiger partial charge in [-0.15, -0.1) is 0 Å². The number of morpholine rings is 1. The number of carbonyl (C=O) groups excluding carboxylic acids is 12. The molecule has 0 aliphatic carbocycles. The zero-order valence-electron chi connectivity index (χ0n) is 62.6. The molecule has 97 heavy (non-hydrogen) atoms. The molecule has 12 amide bonds. The van der Waals surface area contributed by atoms with E-state index in [0.717, 1.165) is 40.8 Å². The van der Waals surface area contributed by atoms with E-state index in [9.17, 15) is 43.5 Å². The average Bonchev–Trinajstić information content (AvgIpc) is 0.811. The normalized spacial score (nSPS) is 26.9. The highest BCUT2D eigenvalue weighted by Gasteiger charge is 2.46. The first kappa shape index (κ1) is 86.4. The van der Waals surface area contributed by atoms with Crippen LogP contribution in [0, 0.1) is 35.5 Å². The smallest absolute Gasteiger partial charge is 0.406 e. The zero-order valence-corrected chi connectivity index (χ0v) is 62.6. The predicted octanol–water partition coefficient (Wildman–Crippen LogP) is 1.57. The molecule has 0 aromatic heterocycles. The molecular weight excluding hydrogens is 1250 g/mol. The van der Waals surface area contributed by atoms with Gasteiger partial charge in [0.25, 0.3) is 0 Å². The van der Waals surface area contributed by atoms with Crippen molar-refractivity contribution in [3.8, 4) is 0 Å². The lowest BCUT2D eigenvalue weighted by molar-refractivity contribution is -0.157. The largest absolute Gasteiger partial charge is 0.450 e. The van der Waals surface area contributed by atoms with Crippen molar-refractivity contribution in [2.75, 3.05) is 95.4 Å². The fourth-order valence-electron chi connectivity index (χ4n) is 12.1. The van der Waals surface area contributed by atoms with E-state index in [4.69, 9.17) is 14.2 Å². The van der Waals surface area contributed by atoms with Gasteiger partial charge >= 0.3 is 6.09 Å². The summed E-state index contributed by atoms with van der Waals surface area (Å²) in [5.41, 5.74) is 0. The lowest BCUT2D eigenvalue weighted by atomic mass is 9.91. The molecule has 2 aliphatic rings. The molecule has 29 heteroatoms. The Labute approximate surface area is 577 Å². The molecule has 0 bridgehead atoms. The molecule has 2 saturated heterocycles. The number of ether oxygens (including phenoxy) is 3. The number of likely N-dealkylation sites (N-methyl/N-ethyl adjacent to an activating group) is 6. The second-order valence-corrected chi connectivity index (χ2v) is 28.5. The van der Waals surface area contributed by atoms with Crippen molar-refractivity contribution < 1.29 is 76.9 Å². The number of carbonyl (C=O) groups is 12. The van der Waals surface area contributed by atoms with E-state index < -0.39 is 167 Å². The molecule has 7 N–H and O–H groups in total. The lowest BCUT2D eigenvalue weighted by Gasteiger charge is -2.41. The zero-order chi connectivity index (χ0) is 74.2. The van der Waals surface area contributed by atoms with Crippen LogP contribution in [0.25, 0.3) is 0 Å². The maximum Gasteiger partial charge on any atom is 0.406 e. The van der Waals surface area contributed by atoms with Gasteiger partial charge in [-0.25, -0.2) is 4.79 Å². The van der Waals surface area contributed by atoms with Crippen molar-refractivity contribution in [3.05, 3.63) is 0 Å². The van der Waals surface area contributed by atoms with Crippen LogP contribution in [0.3, 0.4) is 0 Å². The highest BCUT2D eigenvalue weighted by atomic mass is 16.5. The van der Waals surface area contributed by atoms with Crippen LogP contribution in [0.4, 0.5) is 4.79 Å². The van der Waals surface area contributed by atoms with Crippen LogP contribution in [-0.4, -0.2) is 285 Å². The van der Waals surface area contributed by atoms with E-state index >= 15 is 19.2 Å². The number of hydrogen-bond acceptors (Lipinski definition) is 17. The second kappa shape index (κ2) is 41.0. The summed E-state index contributed by atoms with van der Waals surface area (Å²) in [5, 5.41) is 28.3. The summed E-state index contributed by atoms with van der Waals surface area (Å²) in [7, 11) is 9.60. The number of unbranched alkanes of at least 4 members (excludes halogenated alkanes) is 1. The molecule has 14 atom stereocenters. The van der Waals surface area contributed by atoms with Crippen molar-refractivity contribution in [1.29, 1.82) is 0 Å². The molecule has 2 aliphatic heterocycles. The van der Waals surface area contributed by atoms with Crippen LogP contribution in [0.2, 0.25) is 0 Å². The molecule has 2 fully saturated rings. The number of nitrogens with zero attached hydrogens (tertiary/aromatic N) is 7. The molecular formula is C68H123N13O16. The number of aliphatic hydroxyl groups excluding tert-OH is 1. The van der Waals surface area contributed by atoms with Gasteiger partial charge in [-0.3, -0.25) is 57.6 Å². The summed E-state index contributed by atoms with van der Waals surface area (Å²) >= 11 is 0. The number of nitrogens with one attached hydrogen (secondary N) is 6. The van der Waals surface area contributed by atoms with Crippen LogP contribution in [0.15, 0.2) is 0 Å². The van der Waals surface area contributed by atoms with Crippen molar-refractivity contribution in [3.63, 3.8) is 0 Å². The lowest BCUT2D eigenvalue weighted by Crippen LogP contribution is -2.64. The van der Waals surface area contributed by atoms with Gasteiger partial charge < -0.3 is 80.6 Å². The molecule has 29 nitrogen and oxygen atoms in total. The van der Waals surface area contributed by atoms with Gasteiger partial charge in [0.2, 0.25) is 65.0 Å². The van der Waals surface area contributed by atoms with E-state index in [-0.39, 0.29) is 63.1 Å². The Kier molecular flexibility index (Phi) is 36.5. The van der Waals surface area contributed by atoms with Crippen LogP contribution >= 0.6 is 0 Å². The quantitative estimate of drug-likeness (QED) is 0.0802. The molecule has 0 radical (unpaired) electrons. The van der Waals surface area contributed by atoms with Crippen molar-refractivity contribution in [2.45, 2.75) is 234 Å². The van der Waals surface area contributed by atoms with Gasteiger partial charge in [-0.05, 0) is 115 Å². The Morgan fingerprint density at radius 3 is 1.54 bits per heavy atom. The van der Waals surface area contributed by atoms with Crippen molar-refractivity contribution in [2.24, 2.45) is 35.5 Å². The molecule has 2 heterocycles. The van der Waals surface area contributed by atoms with Crippen LogP contribution < -0.4 is 31.9 Å². The van der Waals surface area contributed by atoms with E-state index in [1.54, 1.807) is 48.5 Å². The molecule has 0 aromatic rings. The number of aliphatic hydroxyl groups is 1. The highest BCUT2D eigenvalue weighted by Crippen LogP contribution is 2.25. The molecule has 556 valence electrons. The standard InChI is InChI=1S/C68H123N13O16/c1-24-48-63(89)75(18)46(15)62(88)79(22)54(47(16)96-31-26-25-28-81-29-33-95-34-30-81)60(86)74-52(41(8)9)66(92)76(19)50(36-39(4)5)59(85)71-44(13)57(83)70-45(14)58(84)73-49(35-38(2)3)64(90)77(20)51(37-40(6)7)65(91)78(21)53(42(10)11)67(93)80(23)55(61(87)72-48)56(82)43(12)27-32-97-68(94)69-17/h38-56,82H,24-37H2,1-23H3,(H,69,94)(H,70,83)(H,71,85)(H,72,87)(H,73,84)(H,74,86)/t43-,44+,45-,46-,47-,48+,49+,50+,51+,52+,53+,54+,55+,56-/m1/s1. The van der Waals surface area contributed by atoms with E-state index in [1.807, 2.05) is 41.5 Å². The second-order valence-electron chi connectivity index (χ2n) is 28.5. The van der Waals surface area contributed by atoms with Crippen molar-refractivity contribution >= 4 is 71.1 Å². The van der Waals surface area contributed by atoms with Gasteiger partial charge in [0.15, 0.2) is 0 Å². The topological polar surface area (TPSA) is 348 Å². The van der Waals surface area contributed by atoms with Crippen LogP contribution in [-0.2, 0) is 67.0 Å². The fraction of sp³-hybridized carbons (Fsp3) is 0.824. The van der Waals surface area contributed by atoms with E-state index in [0.29, 0.717) is 19.6 Å². The first-order valence-corrected chi connectivity index (χ1v) is 34.7. The highest BCUT2D eigenvalue weighted by molar-refractivity contribution is 6.00. The Morgan fingerprint density at radius 2 is 1.01 bits per heavy atom. The van der Waals surface area contributed by atoms with Crippen LogP contribution in [0.5, 0.6) is 0 Å². The van der Waals surface area contributed by atoms with Gasteiger partial charge in [0.05, 0.1) is 32.0 Å². The van der Waals surface area contributed by atoms with Crippen molar-refractivity contribution in [1.82, 2.24) is 66.2 Å². The minimum atomic E-state index is -1.77. The minimum Gasteiger partial charge on any atom is -0.450 e. The summed E-state index contributed by atoms with van der Waals surface area (Å²) in [6.45, 7) is 30.5. The van der Waals surface area contributed by atoms with E-state index in [1.165, 1.54) is 84.8 Å². The van der Waals surface area contributed by atoms with Gasteiger partial charge in [0, 0.05) is 69.0 Å². The average molecular weight is 1380 g/mol. The summed E-state index contributed by atoms with van der Waals surface area (Å²) in [4.78, 5) is 184. The Bertz CT molecular complexity index is 2620. The maximum absolute atomic E-state index is 15.3. The summed E-state index contributed by atoms with van der Waals surface area (Å²) < 4.78 is 17.1. The molecule has 0 saturated carbocycles. The van der Waals surface area contributed by atoms with E-state index in [2.05, 4.69) is 36.8 Å². The number of alkyl carbamates (subject to hydrolysis) is 1. The Hall–Kier alpha value is -6.72. The Balaban J connectivity index is 3.00. The predicted molar refractivity (Wildman–Crippen MR) is 366 cm³/mol. The number of hydrogen-bond donors (Lipinski definition) is 7. The maximum atomic E-state index is 15.3. The molecule has 0 aromatic carbocycles. The summed E-state index contributed by atoms with van der Waals surface area (Å²) in [5.74, 6) is -11.0. The third-order valence-corrected chi connectivity index (χ3v) is 18.4. The van der Waals surface area contributed by atoms with Gasteiger partial charge in [-0.2, -0.15) is 0 Å². The minimum absolute atomic E-state index is 0.00100. The Morgan fingerprint density at radius 1 is 0.526 bits per heavy atom. The number of rotatable bonds is 21. The number of amides is 12.